The van der Waals surface area contributed by atoms with Crippen LogP contribution >= 0.6 is 15.9 Å². The zero-order chi connectivity index (χ0) is 19.5. The number of hydrogen-bond donors (Lipinski definition) is 1. The molecule has 1 amide bonds. The standard InChI is InChI=1S/C23H22BrNO3/c24-17-12-10-15(11-13-17)20-14-16-6-4-5-9-19(16)23(27)28-21(20)22(26)25-18-7-2-1-3-8-18/h4-6,9-14,18,21H,1-3,7-8H2,(H,25,26). The molecule has 0 spiro atoms. The lowest BCUT2D eigenvalue weighted by molar-refractivity contribution is -0.128. The highest BCUT2D eigenvalue weighted by atomic mass is 79.9. The molecular formula is C23H22BrNO3. The minimum absolute atomic E-state index is 0.150. The quantitative estimate of drug-likeness (QED) is 0.686. The maximum atomic E-state index is 13.1. The third kappa shape index (κ3) is 4.04. The average molecular weight is 440 g/mol. The Kier molecular flexibility index (Phi) is 5.62. The van der Waals surface area contributed by atoms with Crippen LogP contribution in [0.4, 0.5) is 0 Å². The van der Waals surface area contributed by atoms with Crippen LogP contribution in [0.5, 0.6) is 0 Å². The molecule has 5 heteroatoms. The van der Waals surface area contributed by atoms with Crippen molar-refractivity contribution >= 4 is 39.5 Å². The first kappa shape index (κ1) is 18.9. The van der Waals surface area contributed by atoms with Crippen molar-refractivity contribution in [1.29, 1.82) is 0 Å². The number of ether oxygens (including phenoxy) is 1. The molecule has 1 atom stereocenters. The third-order valence-electron chi connectivity index (χ3n) is 5.37. The van der Waals surface area contributed by atoms with E-state index in [0.29, 0.717) is 11.1 Å². The average Bonchev–Trinajstić information content (AvgIpc) is 2.86. The van der Waals surface area contributed by atoms with Crippen LogP contribution < -0.4 is 5.32 Å². The van der Waals surface area contributed by atoms with Gasteiger partial charge in [0.1, 0.15) is 0 Å². The van der Waals surface area contributed by atoms with E-state index in [9.17, 15) is 9.59 Å². The van der Waals surface area contributed by atoms with Crippen LogP contribution in [0.2, 0.25) is 0 Å². The van der Waals surface area contributed by atoms with Crippen molar-refractivity contribution in [2.75, 3.05) is 0 Å². The van der Waals surface area contributed by atoms with E-state index in [1.165, 1.54) is 6.42 Å². The van der Waals surface area contributed by atoms with Gasteiger partial charge < -0.3 is 10.1 Å². The fraction of sp³-hybridized carbons (Fsp3) is 0.304. The molecule has 28 heavy (non-hydrogen) atoms. The second-order valence-electron chi connectivity index (χ2n) is 7.32. The molecule has 1 aliphatic carbocycles. The number of nitrogens with one attached hydrogen (secondary N) is 1. The lowest BCUT2D eigenvalue weighted by Crippen LogP contribution is -2.44. The van der Waals surface area contributed by atoms with Gasteiger partial charge in [-0.25, -0.2) is 4.79 Å². The van der Waals surface area contributed by atoms with Gasteiger partial charge in [0.2, 0.25) is 6.10 Å². The molecule has 0 bridgehead atoms. The Labute approximate surface area is 173 Å². The van der Waals surface area contributed by atoms with Crippen LogP contribution in [-0.4, -0.2) is 24.0 Å². The van der Waals surface area contributed by atoms with E-state index in [4.69, 9.17) is 4.74 Å². The zero-order valence-electron chi connectivity index (χ0n) is 15.5. The first-order valence-electron chi connectivity index (χ1n) is 9.70. The first-order valence-corrected chi connectivity index (χ1v) is 10.5. The predicted octanol–water partition coefficient (Wildman–Crippen LogP) is 4.98. The summed E-state index contributed by atoms with van der Waals surface area (Å²) < 4.78 is 6.66. The van der Waals surface area contributed by atoms with Crippen molar-refractivity contribution in [1.82, 2.24) is 5.32 Å². The van der Waals surface area contributed by atoms with Gasteiger partial charge in [0.15, 0.2) is 0 Å². The van der Waals surface area contributed by atoms with Gasteiger partial charge in [-0.15, -0.1) is 0 Å². The van der Waals surface area contributed by atoms with E-state index in [1.807, 2.05) is 42.5 Å². The summed E-state index contributed by atoms with van der Waals surface area (Å²) in [5.74, 6) is -0.718. The van der Waals surface area contributed by atoms with E-state index in [1.54, 1.807) is 12.1 Å². The van der Waals surface area contributed by atoms with Crippen molar-refractivity contribution in [3.05, 3.63) is 69.7 Å². The van der Waals surface area contributed by atoms with E-state index in [0.717, 1.165) is 41.3 Å². The summed E-state index contributed by atoms with van der Waals surface area (Å²) in [6.07, 6.45) is 6.34. The molecule has 0 radical (unpaired) electrons. The summed E-state index contributed by atoms with van der Waals surface area (Å²) in [5, 5.41) is 3.11. The molecule has 4 nitrogen and oxygen atoms in total. The summed E-state index contributed by atoms with van der Waals surface area (Å²) >= 11 is 3.45. The van der Waals surface area contributed by atoms with Crippen molar-refractivity contribution in [3.8, 4) is 0 Å². The number of rotatable bonds is 3. The monoisotopic (exact) mass is 439 g/mol. The molecule has 1 N–H and O–H groups in total. The van der Waals surface area contributed by atoms with Gasteiger partial charge in [0, 0.05) is 16.1 Å². The fourth-order valence-corrected chi connectivity index (χ4v) is 4.15. The van der Waals surface area contributed by atoms with E-state index < -0.39 is 12.1 Å². The number of fused-ring (bicyclic) bond motifs is 1. The van der Waals surface area contributed by atoms with Crippen molar-refractivity contribution in [2.24, 2.45) is 0 Å². The first-order chi connectivity index (χ1) is 13.6. The topological polar surface area (TPSA) is 55.4 Å². The molecule has 144 valence electrons. The van der Waals surface area contributed by atoms with Gasteiger partial charge in [0.25, 0.3) is 5.91 Å². The smallest absolute Gasteiger partial charge is 0.339 e. The number of halogens is 1. The van der Waals surface area contributed by atoms with Gasteiger partial charge in [-0.2, -0.15) is 0 Å². The van der Waals surface area contributed by atoms with E-state index in [2.05, 4.69) is 21.2 Å². The van der Waals surface area contributed by atoms with Gasteiger partial charge in [-0.1, -0.05) is 65.5 Å². The highest BCUT2D eigenvalue weighted by Gasteiger charge is 2.33. The normalized spacial score (nSPS) is 19.8. The van der Waals surface area contributed by atoms with E-state index >= 15 is 0 Å². The number of cyclic esters (lactones) is 1. The lowest BCUT2D eigenvalue weighted by atomic mass is 9.94. The predicted molar refractivity (Wildman–Crippen MR) is 113 cm³/mol. The second-order valence-corrected chi connectivity index (χ2v) is 8.24. The lowest BCUT2D eigenvalue weighted by Gasteiger charge is -2.26. The fourth-order valence-electron chi connectivity index (χ4n) is 3.88. The molecule has 4 rings (SSSR count). The Morgan fingerprint density at radius 3 is 2.46 bits per heavy atom. The summed E-state index contributed by atoms with van der Waals surface area (Å²) in [7, 11) is 0. The van der Waals surface area contributed by atoms with Crippen LogP contribution in [0.25, 0.3) is 11.6 Å². The number of benzene rings is 2. The molecule has 0 aromatic heterocycles. The molecule has 0 saturated heterocycles. The minimum atomic E-state index is -0.969. The molecule has 2 aromatic rings. The minimum Gasteiger partial charge on any atom is -0.444 e. The summed E-state index contributed by atoms with van der Waals surface area (Å²) in [6, 6.07) is 15.1. The van der Waals surface area contributed by atoms with Gasteiger partial charge in [-0.05, 0) is 48.2 Å². The summed E-state index contributed by atoms with van der Waals surface area (Å²) in [5.41, 5.74) is 2.79. The Balaban J connectivity index is 1.71. The number of carbonyl (C=O) groups excluding carboxylic acids is 2. The number of hydrogen-bond acceptors (Lipinski definition) is 3. The molecule has 1 fully saturated rings. The SMILES string of the molecule is O=C1OC(C(=O)NC2CCCCC2)C(c2ccc(Br)cc2)=Cc2ccccc21. The number of carbonyl (C=O) groups is 2. The van der Waals surface area contributed by atoms with Crippen LogP contribution in [-0.2, 0) is 9.53 Å². The molecular weight excluding hydrogens is 418 g/mol. The van der Waals surface area contributed by atoms with Crippen molar-refractivity contribution in [3.63, 3.8) is 0 Å². The zero-order valence-corrected chi connectivity index (χ0v) is 17.1. The molecule has 2 aliphatic rings. The Morgan fingerprint density at radius 1 is 1.00 bits per heavy atom. The molecule has 1 aliphatic heterocycles. The number of amides is 1. The Bertz CT molecular complexity index is 914. The Hall–Kier alpha value is -2.40. The molecule has 1 unspecified atom stereocenters. The van der Waals surface area contributed by atoms with Crippen LogP contribution in [0, 0.1) is 0 Å². The van der Waals surface area contributed by atoms with Crippen LogP contribution in [0.1, 0.15) is 53.6 Å². The molecule has 2 aromatic carbocycles. The van der Waals surface area contributed by atoms with Crippen LogP contribution in [0.3, 0.4) is 0 Å². The summed E-state index contributed by atoms with van der Waals surface area (Å²) in [6.45, 7) is 0. The molecule has 1 saturated carbocycles. The van der Waals surface area contributed by atoms with Gasteiger partial charge in [-0.3, -0.25) is 4.79 Å². The van der Waals surface area contributed by atoms with Gasteiger partial charge in [0.05, 0.1) is 5.56 Å². The maximum absolute atomic E-state index is 13.1. The Morgan fingerprint density at radius 2 is 1.71 bits per heavy atom. The second kappa shape index (κ2) is 8.31. The van der Waals surface area contributed by atoms with Crippen LogP contribution in [0.15, 0.2) is 53.0 Å². The summed E-state index contributed by atoms with van der Waals surface area (Å²) in [4.78, 5) is 25.8. The van der Waals surface area contributed by atoms with Crippen molar-refractivity contribution < 1.29 is 14.3 Å². The maximum Gasteiger partial charge on any atom is 0.339 e. The number of esters is 1. The van der Waals surface area contributed by atoms with Gasteiger partial charge >= 0.3 is 5.97 Å². The highest BCUT2D eigenvalue weighted by Crippen LogP contribution is 2.31. The van der Waals surface area contributed by atoms with E-state index in [-0.39, 0.29) is 11.9 Å². The largest absolute Gasteiger partial charge is 0.444 e. The van der Waals surface area contributed by atoms with Crippen molar-refractivity contribution in [2.45, 2.75) is 44.2 Å². The molecule has 1 heterocycles. The highest BCUT2D eigenvalue weighted by molar-refractivity contribution is 9.10. The third-order valence-corrected chi connectivity index (χ3v) is 5.89.